The van der Waals surface area contributed by atoms with E-state index in [1.807, 2.05) is 30.3 Å². The Bertz CT molecular complexity index is 871. The Hall–Kier alpha value is -1.45. The number of halogens is 1. The number of hydrogen-bond donors (Lipinski definition) is 3. The molecule has 0 aliphatic heterocycles. The van der Waals surface area contributed by atoms with Crippen molar-refractivity contribution in [2.75, 3.05) is 6.61 Å². The molecule has 7 heteroatoms. The largest absolute Gasteiger partial charge is 0.457 e. The molecule has 0 bridgehead atoms. The lowest BCUT2D eigenvalue weighted by Crippen LogP contribution is -2.56. The highest BCUT2D eigenvalue weighted by Gasteiger charge is 2.61. The predicted molar refractivity (Wildman–Crippen MR) is 137 cm³/mol. The molecule has 0 aromatic heterocycles. The molecule has 33 heavy (non-hydrogen) atoms. The second-order valence-corrected chi connectivity index (χ2v) is 12.1. The van der Waals surface area contributed by atoms with Crippen LogP contribution in [-0.4, -0.2) is 49.9 Å². The highest BCUT2D eigenvalue weighted by atomic mass is 127. The number of ether oxygens (including phenoxy) is 1. The van der Waals surface area contributed by atoms with Crippen molar-refractivity contribution in [1.82, 2.24) is 5.32 Å². The highest BCUT2D eigenvalue weighted by molar-refractivity contribution is 14.1. The van der Waals surface area contributed by atoms with Gasteiger partial charge in [0.25, 0.3) is 0 Å². The fourth-order valence-electron chi connectivity index (χ4n) is 5.70. The summed E-state index contributed by atoms with van der Waals surface area (Å²) in [6.45, 7) is 7.49. The number of carbonyl (C=O) groups is 2. The zero-order chi connectivity index (χ0) is 24.4. The minimum atomic E-state index is -1.19. The van der Waals surface area contributed by atoms with E-state index in [0.29, 0.717) is 6.42 Å². The number of rotatable bonds is 6. The topological polar surface area (TPSA) is 95.9 Å². The summed E-state index contributed by atoms with van der Waals surface area (Å²) in [6.07, 6.45) is 4.95. The number of hydrogen-bond acceptors (Lipinski definition) is 5. The van der Waals surface area contributed by atoms with E-state index >= 15 is 0 Å². The van der Waals surface area contributed by atoms with Crippen molar-refractivity contribution >= 4 is 40.5 Å². The summed E-state index contributed by atoms with van der Waals surface area (Å²) >= 11 is 2.39. The van der Waals surface area contributed by atoms with Gasteiger partial charge in [-0.3, -0.25) is 4.79 Å². The van der Waals surface area contributed by atoms with E-state index in [1.54, 1.807) is 13.0 Å². The van der Waals surface area contributed by atoms with Gasteiger partial charge in [0.15, 0.2) is 0 Å². The van der Waals surface area contributed by atoms with Crippen LogP contribution in [0.15, 0.2) is 36.4 Å². The Labute approximate surface area is 210 Å². The van der Waals surface area contributed by atoms with Gasteiger partial charge in [0.05, 0.1) is 15.1 Å². The van der Waals surface area contributed by atoms with E-state index in [-0.39, 0.29) is 23.7 Å². The number of nitrogens with one attached hydrogen (secondary N) is 1. The van der Waals surface area contributed by atoms with Crippen LogP contribution >= 0.6 is 22.6 Å². The summed E-state index contributed by atoms with van der Waals surface area (Å²) < 4.78 is 5.71. The SMILES string of the molecule is CC(C)C1(I)C[C@@H](NC(=O)CO)C(C)(O)[C@@H]2CC[C@@H](C)[C@H]2[C@@H]1OC(=O)/C=C/c1ccccc1. The molecule has 0 radical (unpaired) electrons. The summed E-state index contributed by atoms with van der Waals surface area (Å²) in [5.41, 5.74) is -0.270. The number of alkyl halides is 1. The zero-order valence-electron chi connectivity index (χ0n) is 19.8. The molecule has 3 rings (SSSR count). The fourth-order valence-corrected chi connectivity index (χ4v) is 6.68. The third-order valence-electron chi connectivity index (χ3n) is 7.74. The molecule has 0 saturated heterocycles. The summed E-state index contributed by atoms with van der Waals surface area (Å²) in [4.78, 5) is 25.1. The van der Waals surface area contributed by atoms with Gasteiger partial charge in [-0.2, -0.15) is 0 Å². The maximum Gasteiger partial charge on any atom is 0.331 e. The molecule has 2 saturated carbocycles. The van der Waals surface area contributed by atoms with Crippen molar-refractivity contribution in [3.63, 3.8) is 0 Å². The first-order chi connectivity index (χ1) is 15.5. The van der Waals surface area contributed by atoms with E-state index in [9.17, 15) is 19.8 Å². The third kappa shape index (κ3) is 5.46. The first-order valence-electron chi connectivity index (χ1n) is 11.8. The van der Waals surface area contributed by atoms with Gasteiger partial charge in [-0.15, -0.1) is 0 Å². The molecule has 7 atom stereocenters. The summed E-state index contributed by atoms with van der Waals surface area (Å²) in [5.74, 6) is -0.706. The van der Waals surface area contributed by atoms with Gasteiger partial charge in [0, 0.05) is 12.0 Å². The standard InChI is InChI=1S/C26H36INO5/c1-16(2)26(27)14-20(28-21(30)15-29)25(4,32)19-12-10-17(3)23(19)24(26)33-22(31)13-11-18-8-6-5-7-9-18/h5-9,11,13,16-17,19-20,23-24,29,32H,10,12,14-15H2,1-4H3,(H,28,30)/b13-11+/t17-,19-,20-,23-,24+,25?,26?/m1/s1. The first kappa shape index (κ1) is 26.2. The van der Waals surface area contributed by atoms with Gasteiger partial charge in [-0.1, -0.05) is 73.7 Å². The highest BCUT2D eigenvalue weighted by Crippen LogP contribution is 2.56. The minimum Gasteiger partial charge on any atom is -0.457 e. The van der Waals surface area contributed by atoms with Crippen molar-refractivity contribution in [2.24, 2.45) is 23.7 Å². The molecule has 1 amide bonds. The van der Waals surface area contributed by atoms with Crippen molar-refractivity contribution in [1.29, 1.82) is 0 Å². The fraction of sp³-hybridized carbons (Fsp3) is 0.615. The van der Waals surface area contributed by atoms with Gasteiger partial charge in [0.2, 0.25) is 5.91 Å². The van der Waals surface area contributed by atoms with Gasteiger partial charge < -0.3 is 20.3 Å². The van der Waals surface area contributed by atoms with Crippen LogP contribution in [-0.2, 0) is 14.3 Å². The van der Waals surface area contributed by atoms with E-state index in [0.717, 1.165) is 18.4 Å². The van der Waals surface area contributed by atoms with Gasteiger partial charge in [-0.05, 0) is 55.6 Å². The molecule has 2 unspecified atom stereocenters. The van der Waals surface area contributed by atoms with Crippen molar-refractivity contribution in [3.05, 3.63) is 42.0 Å². The molecule has 182 valence electrons. The summed E-state index contributed by atoms with van der Waals surface area (Å²) in [5, 5.41) is 23.9. The number of carbonyl (C=O) groups excluding carboxylic acids is 2. The smallest absolute Gasteiger partial charge is 0.331 e. The Morgan fingerprint density at radius 1 is 1.27 bits per heavy atom. The molecular formula is C26H36INO5. The van der Waals surface area contributed by atoms with Crippen LogP contribution < -0.4 is 5.32 Å². The second-order valence-electron chi connectivity index (χ2n) is 10.1. The molecule has 1 aromatic rings. The number of aliphatic hydroxyl groups excluding tert-OH is 1. The Morgan fingerprint density at radius 3 is 2.55 bits per heavy atom. The maximum atomic E-state index is 13.0. The number of aliphatic hydroxyl groups is 2. The molecule has 6 nitrogen and oxygen atoms in total. The zero-order valence-corrected chi connectivity index (χ0v) is 22.0. The lowest BCUT2D eigenvalue weighted by Gasteiger charge is -2.42. The third-order valence-corrected chi connectivity index (χ3v) is 10.0. The van der Waals surface area contributed by atoms with Crippen LogP contribution in [0.1, 0.15) is 52.5 Å². The Balaban J connectivity index is 1.98. The van der Waals surface area contributed by atoms with Gasteiger partial charge >= 0.3 is 5.97 Å². The lowest BCUT2D eigenvalue weighted by atomic mass is 9.74. The molecule has 2 aliphatic rings. The van der Waals surface area contributed by atoms with E-state index in [1.165, 1.54) is 6.08 Å². The van der Waals surface area contributed by atoms with Crippen LogP contribution in [0.25, 0.3) is 6.08 Å². The molecule has 0 spiro atoms. The predicted octanol–water partition coefficient (Wildman–Crippen LogP) is 3.74. The monoisotopic (exact) mass is 569 g/mol. The minimum absolute atomic E-state index is 0.0376. The average Bonchev–Trinajstić information content (AvgIpc) is 3.14. The van der Waals surface area contributed by atoms with Crippen LogP contribution in [0.5, 0.6) is 0 Å². The quantitative estimate of drug-likeness (QED) is 0.210. The number of benzene rings is 1. The van der Waals surface area contributed by atoms with Crippen LogP contribution in [0, 0.1) is 23.7 Å². The normalized spacial score (nSPS) is 36.4. The number of amides is 1. The van der Waals surface area contributed by atoms with Gasteiger partial charge in [0.1, 0.15) is 12.7 Å². The van der Waals surface area contributed by atoms with E-state index in [2.05, 4.69) is 48.7 Å². The lowest BCUT2D eigenvalue weighted by molar-refractivity contribution is -0.151. The maximum absolute atomic E-state index is 13.0. The van der Waals surface area contributed by atoms with Crippen LogP contribution in [0.4, 0.5) is 0 Å². The second kappa shape index (κ2) is 10.4. The molecular weight excluding hydrogens is 533 g/mol. The van der Waals surface area contributed by atoms with Crippen LogP contribution in [0.3, 0.4) is 0 Å². The van der Waals surface area contributed by atoms with Crippen molar-refractivity contribution in [2.45, 2.75) is 68.1 Å². The molecule has 3 N–H and O–H groups in total. The number of esters is 1. The summed E-state index contributed by atoms with van der Waals surface area (Å²) in [6, 6.07) is 9.04. The molecule has 1 aromatic carbocycles. The Kier molecular flexibility index (Phi) is 8.28. The Morgan fingerprint density at radius 2 is 1.94 bits per heavy atom. The summed E-state index contributed by atoms with van der Waals surface area (Å²) in [7, 11) is 0. The molecule has 2 fully saturated rings. The van der Waals surface area contributed by atoms with Crippen LogP contribution in [0.2, 0.25) is 0 Å². The number of fused-ring (bicyclic) bond motifs is 1. The first-order valence-corrected chi connectivity index (χ1v) is 12.8. The van der Waals surface area contributed by atoms with E-state index in [4.69, 9.17) is 4.74 Å². The molecule has 0 heterocycles. The van der Waals surface area contributed by atoms with Crippen molar-refractivity contribution < 1.29 is 24.5 Å². The van der Waals surface area contributed by atoms with Gasteiger partial charge in [-0.25, -0.2) is 4.79 Å². The van der Waals surface area contributed by atoms with E-state index < -0.39 is 39.7 Å². The van der Waals surface area contributed by atoms with Crippen molar-refractivity contribution in [3.8, 4) is 0 Å². The molecule has 2 aliphatic carbocycles. The average molecular weight is 569 g/mol.